The monoisotopic (exact) mass is 415 g/mol. The van der Waals surface area contributed by atoms with Gasteiger partial charge in [0, 0.05) is 30.9 Å². The largest absolute Gasteiger partial charge is 0.490 e. The number of aromatic nitrogens is 3. The van der Waals surface area contributed by atoms with Gasteiger partial charge >= 0.3 is 0 Å². The highest BCUT2D eigenvalue weighted by atomic mass is 16.5. The Morgan fingerprint density at radius 1 is 1.16 bits per heavy atom. The fourth-order valence-corrected chi connectivity index (χ4v) is 3.86. The summed E-state index contributed by atoms with van der Waals surface area (Å²) < 4.78 is 7.80. The number of rotatable bonds is 10. The molecule has 1 aliphatic rings. The predicted octanol–water partition coefficient (Wildman–Crippen LogP) is 5.21. The minimum absolute atomic E-state index is 0.238. The molecule has 0 N–H and O–H groups in total. The number of carbonyl (C=O) groups excluding carboxylic acids is 1. The van der Waals surface area contributed by atoms with Gasteiger partial charge in [-0.3, -0.25) is 4.79 Å². The van der Waals surface area contributed by atoms with E-state index in [1.54, 1.807) is 6.08 Å². The highest BCUT2D eigenvalue weighted by molar-refractivity contribution is 5.81. The third-order valence-electron chi connectivity index (χ3n) is 5.67. The lowest BCUT2D eigenvalue weighted by atomic mass is 9.99. The number of ether oxygens (including phenoxy) is 1. The molecule has 1 heterocycles. The standard InChI is InChI=1S/C26H29N3O2/c1-4-15-31-24-12-7-20(8-13-24)26-28-27-25(29(26)22-9-10-22)14-11-23(30)17-21-6-5-18(2)16-19(21)3/h4-8,12-13,16,22H,1,9-11,14-15,17H2,2-3H3. The summed E-state index contributed by atoms with van der Waals surface area (Å²) in [6.07, 6.45) is 5.57. The second kappa shape index (κ2) is 9.29. The van der Waals surface area contributed by atoms with Crippen LogP contribution in [0.4, 0.5) is 0 Å². The van der Waals surface area contributed by atoms with E-state index in [1.807, 2.05) is 24.3 Å². The second-order valence-electron chi connectivity index (χ2n) is 8.31. The van der Waals surface area contributed by atoms with E-state index < -0.39 is 0 Å². The molecule has 2 aromatic carbocycles. The molecule has 4 rings (SSSR count). The Labute approximate surface area is 183 Å². The van der Waals surface area contributed by atoms with E-state index >= 15 is 0 Å². The average molecular weight is 416 g/mol. The maximum atomic E-state index is 12.6. The Balaban J connectivity index is 1.45. The van der Waals surface area contributed by atoms with E-state index in [4.69, 9.17) is 4.74 Å². The van der Waals surface area contributed by atoms with Crippen molar-refractivity contribution in [2.24, 2.45) is 0 Å². The fourth-order valence-electron chi connectivity index (χ4n) is 3.86. The van der Waals surface area contributed by atoms with Gasteiger partial charge in [-0.25, -0.2) is 0 Å². The quantitative estimate of drug-likeness (QED) is 0.427. The molecule has 5 heteroatoms. The first-order chi connectivity index (χ1) is 15.0. The first-order valence-corrected chi connectivity index (χ1v) is 10.9. The zero-order chi connectivity index (χ0) is 21.8. The Morgan fingerprint density at radius 3 is 2.61 bits per heavy atom. The van der Waals surface area contributed by atoms with Crippen molar-refractivity contribution in [3.05, 3.63) is 77.6 Å². The summed E-state index contributed by atoms with van der Waals surface area (Å²) in [5, 5.41) is 8.92. The topological polar surface area (TPSA) is 57.0 Å². The maximum Gasteiger partial charge on any atom is 0.164 e. The molecule has 0 bridgehead atoms. The van der Waals surface area contributed by atoms with Crippen LogP contribution in [-0.4, -0.2) is 27.2 Å². The van der Waals surface area contributed by atoms with Gasteiger partial charge in [0.15, 0.2) is 5.82 Å². The molecule has 0 aliphatic heterocycles. The molecule has 1 saturated carbocycles. The number of nitrogens with zero attached hydrogens (tertiary/aromatic N) is 3. The normalized spacial score (nSPS) is 13.2. The van der Waals surface area contributed by atoms with Crippen LogP contribution in [-0.2, 0) is 17.6 Å². The lowest BCUT2D eigenvalue weighted by molar-refractivity contribution is -0.118. The highest BCUT2D eigenvalue weighted by Gasteiger charge is 2.30. The van der Waals surface area contributed by atoms with E-state index in [0.717, 1.165) is 41.4 Å². The number of hydrogen-bond acceptors (Lipinski definition) is 4. The fraction of sp³-hybridized carbons (Fsp3) is 0.346. The summed E-state index contributed by atoms with van der Waals surface area (Å²) in [6, 6.07) is 14.6. The Bertz CT molecular complexity index is 1080. The third-order valence-corrected chi connectivity index (χ3v) is 5.67. The summed E-state index contributed by atoms with van der Waals surface area (Å²) in [4.78, 5) is 12.6. The first kappa shape index (κ1) is 21.0. The molecule has 160 valence electrons. The van der Waals surface area contributed by atoms with Crippen molar-refractivity contribution in [3.8, 4) is 17.1 Å². The molecule has 0 amide bonds. The molecule has 31 heavy (non-hydrogen) atoms. The lowest BCUT2D eigenvalue weighted by Gasteiger charge is -2.10. The molecular weight excluding hydrogens is 386 g/mol. The van der Waals surface area contributed by atoms with Crippen LogP contribution < -0.4 is 4.74 Å². The van der Waals surface area contributed by atoms with E-state index in [1.165, 1.54) is 11.1 Å². The Morgan fingerprint density at radius 2 is 1.94 bits per heavy atom. The Kier molecular flexibility index (Phi) is 6.31. The van der Waals surface area contributed by atoms with Gasteiger partial charge in [0.1, 0.15) is 24.0 Å². The van der Waals surface area contributed by atoms with E-state index in [2.05, 4.69) is 53.4 Å². The number of ketones is 1. The number of carbonyl (C=O) groups is 1. The molecule has 1 aromatic heterocycles. The van der Waals surface area contributed by atoms with Crippen molar-refractivity contribution in [1.82, 2.24) is 14.8 Å². The highest BCUT2D eigenvalue weighted by Crippen LogP contribution is 2.39. The van der Waals surface area contributed by atoms with Gasteiger partial charge in [0.25, 0.3) is 0 Å². The molecule has 0 atom stereocenters. The lowest BCUT2D eigenvalue weighted by Crippen LogP contribution is -2.09. The summed E-state index contributed by atoms with van der Waals surface area (Å²) in [6.45, 7) is 8.30. The van der Waals surface area contributed by atoms with Crippen LogP contribution in [0.25, 0.3) is 11.4 Å². The summed E-state index contributed by atoms with van der Waals surface area (Å²) >= 11 is 0. The number of aryl methyl sites for hydroxylation is 3. The average Bonchev–Trinajstić information content (AvgIpc) is 3.52. The predicted molar refractivity (Wildman–Crippen MR) is 122 cm³/mol. The van der Waals surface area contributed by atoms with Crippen LogP contribution in [0.2, 0.25) is 0 Å². The summed E-state index contributed by atoms with van der Waals surface area (Å²) in [7, 11) is 0. The molecule has 0 radical (unpaired) electrons. The zero-order valence-electron chi connectivity index (χ0n) is 18.3. The van der Waals surface area contributed by atoms with Gasteiger partial charge < -0.3 is 9.30 Å². The van der Waals surface area contributed by atoms with Gasteiger partial charge in [-0.15, -0.1) is 10.2 Å². The third kappa shape index (κ3) is 5.10. The van der Waals surface area contributed by atoms with Crippen LogP contribution >= 0.6 is 0 Å². The van der Waals surface area contributed by atoms with Gasteiger partial charge in [-0.2, -0.15) is 0 Å². The number of Topliss-reactive ketones (excluding diaryl/α,β-unsaturated/α-hetero) is 1. The Hall–Kier alpha value is -3.21. The van der Waals surface area contributed by atoms with Crippen molar-refractivity contribution in [1.29, 1.82) is 0 Å². The van der Waals surface area contributed by atoms with Crippen molar-refractivity contribution in [3.63, 3.8) is 0 Å². The van der Waals surface area contributed by atoms with Gasteiger partial charge in [-0.05, 0) is 62.1 Å². The molecule has 0 spiro atoms. The van der Waals surface area contributed by atoms with Crippen LogP contribution in [0.1, 0.15) is 47.8 Å². The number of hydrogen-bond donors (Lipinski definition) is 0. The van der Waals surface area contributed by atoms with Crippen molar-refractivity contribution >= 4 is 5.78 Å². The summed E-state index contributed by atoms with van der Waals surface area (Å²) in [5.41, 5.74) is 4.52. The molecule has 0 unspecified atom stereocenters. The molecule has 0 saturated heterocycles. The van der Waals surface area contributed by atoms with Gasteiger partial charge in [0.05, 0.1) is 0 Å². The van der Waals surface area contributed by atoms with E-state index in [0.29, 0.717) is 31.9 Å². The van der Waals surface area contributed by atoms with Crippen LogP contribution in [0, 0.1) is 13.8 Å². The molecule has 1 aliphatic carbocycles. The van der Waals surface area contributed by atoms with Gasteiger partial charge in [0.2, 0.25) is 0 Å². The van der Waals surface area contributed by atoms with Crippen LogP contribution in [0.5, 0.6) is 5.75 Å². The molecule has 1 fully saturated rings. The van der Waals surface area contributed by atoms with E-state index in [9.17, 15) is 4.79 Å². The smallest absolute Gasteiger partial charge is 0.164 e. The maximum absolute atomic E-state index is 12.6. The van der Waals surface area contributed by atoms with Crippen LogP contribution in [0.15, 0.2) is 55.1 Å². The van der Waals surface area contributed by atoms with E-state index in [-0.39, 0.29) is 5.78 Å². The minimum Gasteiger partial charge on any atom is -0.490 e. The van der Waals surface area contributed by atoms with Crippen molar-refractivity contribution < 1.29 is 9.53 Å². The van der Waals surface area contributed by atoms with Crippen molar-refractivity contribution in [2.45, 2.75) is 52.0 Å². The van der Waals surface area contributed by atoms with Gasteiger partial charge in [-0.1, -0.05) is 36.4 Å². The van der Waals surface area contributed by atoms with Crippen molar-refractivity contribution in [2.75, 3.05) is 6.61 Å². The number of benzene rings is 2. The van der Waals surface area contributed by atoms with Crippen LogP contribution in [0.3, 0.4) is 0 Å². The molecule has 5 nitrogen and oxygen atoms in total. The SMILES string of the molecule is C=CCOc1ccc(-c2nnc(CCC(=O)Cc3ccc(C)cc3C)n2C2CC2)cc1. The molecule has 3 aromatic rings. The minimum atomic E-state index is 0.238. The second-order valence-corrected chi connectivity index (χ2v) is 8.31. The molecular formula is C26H29N3O2. The first-order valence-electron chi connectivity index (χ1n) is 10.9. The summed E-state index contributed by atoms with van der Waals surface area (Å²) in [5.74, 6) is 2.81. The zero-order valence-corrected chi connectivity index (χ0v) is 18.3.